The molecule has 1 saturated heterocycles. The number of anilines is 1. The number of carbonyl (C=O) groups excluding carboxylic acids is 1. The Balaban J connectivity index is 1.14. The Morgan fingerprint density at radius 3 is 2.41 bits per heavy atom. The first-order valence-electron chi connectivity index (χ1n) is 11.9. The van der Waals surface area contributed by atoms with E-state index in [1.807, 2.05) is 12.1 Å². The smallest absolute Gasteiger partial charge is 0.333 e. The van der Waals surface area contributed by atoms with E-state index in [0.717, 1.165) is 70.4 Å². The van der Waals surface area contributed by atoms with Crippen LogP contribution in [0.4, 0.5) is 10.1 Å². The second kappa shape index (κ2) is 8.50. The number of nitrogens with one attached hydrogen (secondary N) is 1. The van der Waals surface area contributed by atoms with E-state index in [1.54, 1.807) is 0 Å². The maximum atomic E-state index is 13.2. The van der Waals surface area contributed by atoms with Crippen molar-refractivity contribution in [3.8, 4) is 0 Å². The lowest BCUT2D eigenvalue weighted by Gasteiger charge is -2.39. The molecule has 1 amide bonds. The molecule has 1 aromatic carbocycles. The molecular formula is C25H32FN3O3. The third kappa shape index (κ3) is 4.40. The van der Waals surface area contributed by atoms with Crippen molar-refractivity contribution in [1.82, 2.24) is 10.2 Å². The number of piperazine rings is 1. The predicted octanol–water partition coefficient (Wildman–Crippen LogP) is 3.54. The van der Waals surface area contributed by atoms with Gasteiger partial charge in [-0.2, -0.15) is 0 Å². The van der Waals surface area contributed by atoms with Gasteiger partial charge in [-0.3, -0.25) is 9.69 Å². The first-order chi connectivity index (χ1) is 15.4. The van der Waals surface area contributed by atoms with Crippen molar-refractivity contribution in [1.29, 1.82) is 0 Å². The van der Waals surface area contributed by atoms with E-state index in [0.29, 0.717) is 30.2 Å². The van der Waals surface area contributed by atoms with Gasteiger partial charge in [0.25, 0.3) is 0 Å². The topological polar surface area (TPSA) is 72.9 Å². The Bertz CT molecular complexity index is 917. The molecule has 1 spiro atoms. The summed E-state index contributed by atoms with van der Waals surface area (Å²) in [7, 11) is 0. The molecule has 1 aromatic rings. The van der Waals surface area contributed by atoms with Gasteiger partial charge in [-0.15, -0.1) is 0 Å². The number of carboxylic acids is 1. The number of carboxylic acid groups (broad SMARTS) is 1. The maximum Gasteiger partial charge on any atom is 0.333 e. The highest BCUT2D eigenvalue weighted by atomic mass is 19.1. The Morgan fingerprint density at radius 1 is 1.03 bits per heavy atom. The minimum atomic E-state index is -0.880. The van der Waals surface area contributed by atoms with Crippen molar-refractivity contribution < 1.29 is 19.1 Å². The standard InChI is InChI=1S/C25H32FN3O3/c26-18-2-5-19(6-3-18)28-11-13-29(14-12-28)20-4-1-17(15-20)23(30)27-22-7-8-25(9-10-25)16-21(22)24(31)32/h2-3,5-6,17,20H,1,4,7-16H2,(H,27,30)(H,31,32)/t17-,20-/m0/s1. The molecule has 32 heavy (non-hydrogen) atoms. The molecule has 3 fully saturated rings. The Hall–Kier alpha value is -2.41. The van der Waals surface area contributed by atoms with E-state index in [1.165, 1.54) is 12.1 Å². The van der Waals surface area contributed by atoms with Gasteiger partial charge in [0, 0.05) is 49.5 Å². The summed E-state index contributed by atoms with van der Waals surface area (Å²) in [6, 6.07) is 7.07. The fourth-order valence-corrected chi connectivity index (χ4v) is 5.83. The summed E-state index contributed by atoms with van der Waals surface area (Å²) >= 11 is 0. The van der Waals surface area contributed by atoms with Crippen molar-refractivity contribution in [2.45, 2.75) is 57.4 Å². The molecule has 5 rings (SSSR count). The lowest BCUT2D eigenvalue weighted by atomic mass is 9.84. The largest absolute Gasteiger partial charge is 0.478 e. The fourth-order valence-electron chi connectivity index (χ4n) is 5.83. The van der Waals surface area contributed by atoms with Crippen molar-refractivity contribution in [2.24, 2.45) is 11.3 Å². The van der Waals surface area contributed by atoms with Gasteiger partial charge in [0.1, 0.15) is 5.82 Å². The molecule has 2 N–H and O–H groups in total. The molecule has 1 heterocycles. The molecule has 0 aromatic heterocycles. The molecule has 6 nitrogen and oxygen atoms in total. The molecule has 7 heteroatoms. The van der Waals surface area contributed by atoms with Gasteiger partial charge in [-0.1, -0.05) is 0 Å². The van der Waals surface area contributed by atoms with Crippen LogP contribution in [0.3, 0.4) is 0 Å². The van der Waals surface area contributed by atoms with E-state index in [2.05, 4.69) is 15.1 Å². The molecule has 0 unspecified atom stereocenters. The number of benzene rings is 1. The highest BCUT2D eigenvalue weighted by molar-refractivity contribution is 5.90. The lowest BCUT2D eigenvalue weighted by molar-refractivity contribution is -0.133. The molecule has 2 atom stereocenters. The monoisotopic (exact) mass is 441 g/mol. The van der Waals surface area contributed by atoms with Crippen LogP contribution in [0.25, 0.3) is 0 Å². The second-order valence-electron chi connectivity index (χ2n) is 10.1. The van der Waals surface area contributed by atoms with Gasteiger partial charge in [0.2, 0.25) is 5.91 Å². The van der Waals surface area contributed by atoms with Gasteiger partial charge >= 0.3 is 5.97 Å². The summed E-state index contributed by atoms with van der Waals surface area (Å²) < 4.78 is 13.2. The second-order valence-corrected chi connectivity index (χ2v) is 10.1. The van der Waals surface area contributed by atoms with Crippen LogP contribution in [0.1, 0.15) is 51.4 Å². The number of halogens is 1. The molecular weight excluding hydrogens is 409 g/mol. The number of amides is 1. The van der Waals surface area contributed by atoms with Crippen molar-refractivity contribution in [3.05, 3.63) is 41.4 Å². The van der Waals surface area contributed by atoms with E-state index < -0.39 is 5.97 Å². The minimum absolute atomic E-state index is 0.00190. The van der Waals surface area contributed by atoms with Crippen LogP contribution in [0.2, 0.25) is 0 Å². The zero-order chi connectivity index (χ0) is 22.3. The number of rotatable bonds is 5. The minimum Gasteiger partial charge on any atom is -0.478 e. The molecule has 172 valence electrons. The normalized spacial score (nSPS) is 27.6. The Morgan fingerprint density at radius 2 is 1.75 bits per heavy atom. The fraction of sp³-hybridized carbons (Fsp3) is 0.600. The molecule has 3 aliphatic carbocycles. The van der Waals surface area contributed by atoms with E-state index in [4.69, 9.17) is 0 Å². The van der Waals surface area contributed by atoms with Crippen molar-refractivity contribution in [3.63, 3.8) is 0 Å². The van der Waals surface area contributed by atoms with Crippen molar-refractivity contribution in [2.75, 3.05) is 31.1 Å². The number of hydrogen-bond acceptors (Lipinski definition) is 4. The van der Waals surface area contributed by atoms with Gasteiger partial charge < -0.3 is 15.3 Å². The SMILES string of the molecule is O=C(O)C1=C(NC(=O)[C@H]2CC[C@H](N3CCN(c4ccc(F)cc4)CC3)C2)CCC2(CC2)C1. The van der Waals surface area contributed by atoms with Crippen molar-refractivity contribution >= 4 is 17.6 Å². The number of aliphatic carboxylic acids is 1. The average Bonchev–Trinajstić information content (AvgIpc) is 3.35. The van der Waals surface area contributed by atoms with Gasteiger partial charge in [-0.05, 0) is 81.0 Å². The third-order valence-electron chi connectivity index (χ3n) is 8.11. The van der Waals surface area contributed by atoms with Crippen LogP contribution in [-0.4, -0.2) is 54.1 Å². The summed E-state index contributed by atoms with van der Waals surface area (Å²) in [6.07, 6.45) is 7.19. The van der Waals surface area contributed by atoms with Crippen LogP contribution in [0.15, 0.2) is 35.5 Å². The molecule has 4 aliphatic rings. The summed E-state index contributed by atoms with van der Waals surface area (Å²) in [5.74, 6) is -1.14. The molecule has 2 saturated carbocycles. The predicted molar refractivity (Wildman–Crippen MR) is 120 cm³/mol. The number of allylic oxidation sites excluding steroid dienone is 1. The quantitative estimate of drug-likeness (QED) is 0.731. The molecule has 0 bridgehead atoms. The highest BCUT2D eigenvalue weighted by Crippen LogP contribution is 2.57. The molecule has 0 radical (unpaired) electrons. The Kier molecular flexibility index (Phi) is 5.70. The van der Waals surface area contributed by atoms with Gasteiger partial charge in [0.15, 0.2) is 0 Å². The first kappa shape index (κ1) is 21.4. The summed E-state index contributed by atoms with van der Waals surface area (Å²) in [5.41, 5.74) is 2.33. The zero-order valence-electron chi connectivity index (χ0n) is 18.5. The number of nitrogens with zero attached hydrogens (tertiary/aromatic N) is 2. The lowest BCUT2D eigenvalue weighted by Crippen LogP contribution is -2.50. The van der Waals surface area contributed by atoms with Gasteiger partial charge in [0.05, 0.1) is 5.57 Å². The zero-order valence-corrected chi connectivity index (χ0v) is 18.5. The van der Waals surface area contributed by atoms with Crippen LogP contribution < -0.4 is 10.2 Å². The van der Waals surface area contributed by atoms with Crippen LogP contribution in [0, 0.1) is 17.2 Å². The first-order valence-corrected chi connectivity index (χ1v) is 11.9. The van der Waals surface area contributed by atoms with Crippen LogP contribution in [-0.2, 0) is 9.59 Å². The van der Waals surface area contributed by atoms with E-state index >= 15 is 0 Å². The number of hydrogen-bond donors (Lipinski definition) is 2. The summed E-state index contributed by atoms with van der Waals surface area (Å²) in [5, 5.41) is 12.7. The average molecular weight is 442 g/mol. The number of carbonyl (C=O) groups is 2. The van der Waals surface area contributed by atoms with Gasteiger partial charge in [-0.25, -0.2) is 9.18 Å². The maximum absolute atomic E-state index is 13.2. The highest BCUT2D eigenvalue weighted by Gasteiger charge is 2.47. The summed E-state index contributed by atoms with van der Waals surface area (Å²) in [6.45, 7) is 3.67. The van der Waals surface area contributed by atoms with E-state index in [-0.39, 0.29) is 23.1 Å². The molecule has 1 aliphatic heterocycles. The van der Waals surface area contributed by atoms with Crippen LogP contribution in [0.5, 0.6) is 0 Å². The van der Waals surface area contributed by atoms with Crippen LogP contribution >= 0.6 is 0 Å². The summed E-state index contributed by atoms with van der Waals surface area (Å²) in [4.78, 5) is 29.5. The van der Waals surface area contributed by atoms with E-state index in [9.17, 15) is 19.1 Å². The third-order valence-corrected chi connectivity index (χ3v) is 8.11. The Labute approximate surface area is 188 Å².